The first-order chi connectivity index (χ1) is 10.0. The summed E-state index contributed by atoms with van der Waals surface area (Å²) in [7, 11) is 1.73. The summed E-state index contributed by atoms with van der Waals surface area (Å²) in [5.41, 5.74) is 4.95. The molecule has 0 aliphatic heterocycles. The summed E-state index contributed by atoms with van der Waals surface area (Å²) in [6.07, 6.45) is 1.99. The third-order valence-electron chi connectivity index (χ3n) is 3.90. The Bertz CT molecular complexity index is 778. The fourth-order valence-corrected chi connectivity index (χ4v) is 2.81. The van der Waals surface area contributed by atoms with Crippen molar-refractivity contribution in [3.05, 3.63) is 54.2 Å². The monoisotopic (exact) mass is 279 g/mol. The Kier molecular flexibility index (Phi) is 3.25. The smallest absolute Gasteiger partial charge is 0.126 e. The average molecular weight is 279 g/mol. The van der Waals surface area contributed by atoms with E-state index in [2.05, 4.69) is 56.1 Å². The molecule has 108 valence electrons. The highest BCUT2D eigenvalue weighted by atomic mass is 16.5. The maximum atomic E-state index is 5.55. The Labute approximate surface area is 125 Å². The zero-order chi connectivity index (χ0) is 15.0. The van der Waals surface area contributed by atoms with Crippen LogP contribution in [0.15, 0.2) is 48.7 Å². The predicted molar refractivity (Wildman–Crippen MR) is 89.0 cm³/mol. The second-order valence-corrected chi connectivity index (χ2v) is 6.41. The molecule has 0 amide bonds. The number of fused-ring (bicyclic) bond motifs is 1. The van der Waals surface area contributed by atoms with Gasteiger partial charge >= 0.3 is 0 Å². The van der Waals surface area contributed by atoms with E-state index >= 15 is 0 Å². The van der Waals surface area contributed by atoms with Crippen molar-refractivity contribution >= 4 is 10.9 Å². The van der Waals surface area contributed by atoms with E-state index < -0.39 is 0 Å². The molecule has 1 heterocycles. The largest absolute Gasteiger partial charge is 0.496 e. The molecule has 21 heavy (non-hydrogen) atoms. The SMILES string of the molecule is COc1ccccc1-c1cc2cc[nH]c2cc1C(C)(C)C. The molecule has 3 rings (SSSR count). The maximum Gasteiger partial charge on any atom is 0.126 e. The van der Waals surface area contributed by atoms with Gasteiger partial charge in [-0.2, -0.15) is 0 Å². The molecular weight excluding hydrogens is 258 g/mol. The van der Waals surface area contributed by atoms with E-state index in [0.717, 1.165) is 11.3 Å². The lowest BCUT2D eigenvalue weighted by atomic mass is 9.81. The van der Waals surface area contributed by atoms with Gasteiger partial charge in [0.1, 0.15) is 5.75 Å². The molecule has 0 bridgehead atoms. The number of hydrogen-bond acceptors (Lipinski definition) is 1. The highest BCUT2D eigenvalue weighted by Crippen LogP contribution is 2.39. The van der Waals surface area contributed by atoms with Gasteiger partial charge in [0.05, 0.1) is 7.11 Å². The molecule has 2 aromatic carbocycles. The molecule has 1 N–H and O–H groups in total. The van der Waals surface area contributed by atoms with Gasteiger partial charge in [-0.05, 0) is 46.2 Å². The topological polar surface area (TPSA) is 25.0 Å². The van der Waals surface area contributed by atoms with E-state index in [9.17, 15) is 0 Å². The molecular formula is C19H21NO. The van der Waals surface area contributed by atoms with Gasteiger partial charge in [-0.1, -0.05) is 39.0 Å². The van der Waals surface area contributed by atoms with Crippen molar-refractivity contribution in [1.29, 1.82) is 0 Å². The standard InChI is InChI=1S/C19H21NO/c1-19(2,3)16-12-17-13(9-10-20-17)11-15(16)14-7-5-6-8-18(14)21-4/h5-12,20H,1-4H3. The Morgan fingerprint density at radius 1 is 0.952 bits per heavy atom. The Balaban J connectivity index is 2.34. The van der Waals surface area contributed by atoms with Crippen molar-refractivity contribution < 1.29 is 4.74 Å². The van der Waals surface area contributed by atoms with Crippen molar-refractivity contribution in [3.63, 3.8) is 0 Å². The molecule has 1 aromatic heterocycles. The van der Waals surface area contributed by atoms with Gasteiger partial charge in [0, 0.05) is 17.3 Å². The summed E-state index contributed by atoms with van der Waals surface area (Å²) in [4.78, 5) is 3.31. The number of ether oxygens (including phenoxy) is 1. The maximum absolute atomic E-state index is 5.55. The molecule has 0 spiro atoms. The number of H-pyrrole nitrogens is 1. The molecule has 0 atom stereocenters. The highest BCUT2D eigenvalue weighted by molar-refractivity contribution is 5.89. The molecule has 0 unspecified atom stereocenters. The second-order valence-electron chi connectivity index (χ2n) is 6.41. The van der Waals surface area contributed by atoms with E-state index in [4.69, 9.17) is 4.74 Å². The number of rotatable bonds is 2. The van der Waals surface area contributed by atoms with Crippen LogP contribution >= 0.6 is 0 Å². The fraction of sp³-hybridized carbons (Fsp3) is 0.263. The van der Waals surface area contributed by atoms with Crippen molar-refractivity contribution in [3.8, 4) is 16.9 Å². The van der Waals surface area contributed by atoms with Gasteiger partial charge in [-0.15, -0.1) is 0 Å². The summed E-state index contributed by atoms with van der Waals surface area (Å²) in [5.74, 6) is 0.915. The number of aromatic nitrogens is 1. The Morgan fingerprint density at radius 3 is 2.43 bits per heavy atom. The van der Waals surface area contributed by atoms with Crippen LogP contribution in [0.4, 0.5) is 0 Å². The first-order valence-corrected chi connectivity index (χ1v) is 7.26. The molecule has 0 saturated heterocycles. The van der Waals surface area contributed by atoms with Crippen molar-refractivity contribution in [2.45, 2.75) is 26.2 Å². The molecule has 0 saturated carbocycles. The van der Waals surface area contributed by atoms with Crippen LogP contribution in [0.5, 0.6) is 5.75 Å². The van der Waals surface area contributed by atoms with Crippen LogP contribution in [0.3, 0.4) is 0 Å². The second kappa shape index (κ2) is 4.96. The number of methoxy groups -OCH3 is 1. The zero-order valence-electron chi connectivity index (χ0n) is 13.0. The number of benzene rings is 2. The minimum Gasteiger partial charge on any atom is -0.496 e. The highest BCUT2D eigenvalue weighted by Gasteiger charge is 2.21. The van der Waals surface area contributed by atoms with E-state index in [0.29, 0.717) is 0 Å². The van der Waals surface area contributed by atoms with Gasteiger partial charge in [-0.3, -0.25) is 0 Å². The third kappa shape index (κ3) is 2.42. The van der Waals surface area contributed by atoms with E-state index in [-0.39, 0.29) is 5.41 Å². The number of nitrogens with one attached hydrogen (secondary N) is 1. The number of aromatic amines is 1. The first kappa shape index (κ1) is 13.7. The molecule has 0 aliphatic carbocycles. The zero-order valence-corrected chi connectivity index (χ0v) is 13.0. The van der Waals surface area contributed by atoms with Crippen LogP contribution in [0.1, 0.15) is 26.3 Å². The number of para-hydroxylation sites is 1. The lowest BCUT2D eigenvalue weighted by Crippen LogP contribution is -2.13. The summed E-state index contributed by atoms with van der Waals surface area (Å²) >= 11 is 0. The Morgan fingerprint density at radius 2 is 1.71 bits per heavy atom. The van der Waals surface area contributed by atoms with E-state index in [1.807, 2.05) is 18.3 Å². The molecule has 0 aliphatic rings. The van der Waals surface area contributed by atoms with Crippen LogP contribution in [0, 0.1) is 0 Å². The van der Waals surface area contributed by atoms with Gasteiger partial charge in [0.2, 0.25) is 0 Å². The summed E-state index contributed by atoms with van der Waals surface area (Å²) in [6, 6.07) is 14.8. The fourth-order valence-electron chi connectivity index (χ4n) is 2.81. The van der Waals surface area contributed by atoms with Crippen molar-refractivity contribution in [2.24, 2.45) is 0 Å². The minimum atomic E-state index is 0.0650. The summed E-state index contributed by atoms with van der Waals surface area (Å²) in [5, 5.41) is 1.23. The van der Waals surface area contributed by atoms with Gasteiger partial charge in [-0.25, -0.2) is 0 Å². The van der Waals surface area contributed by atoms with E-state index in [1.165, 1.54) is 22.0 Å². The van der Waals surface area contributed by atoms with Gasteiger partial charge < -0.3 is 9.72 Å². The number of hydrogen-bond donors (Lipinski definition) is 1. The normalized spacial score (nSPS) is 11.8. The van der Waals surface area contributed by atoms with E-state index in [1.54, 1.807) is 7.11 Å². The van der Waals surface area contributed by atoms with Crippen molar-refractivity contribution in [2.75, 3.05) is 7.11 Å². The van der Waals surface area contributed by atoms with Crippen LogP contribution in [0.2, 0.25) is 0 Å². The van der Waals surface area contributed by atoms with Gasteiger partial charge in [0.15, 0.2) is 0 Å². The third-order valence-corrected chi connectivity index (χ3v) is 3.90. The average Bonchev–Trinajstić information content (AvgIpc) is 2.92. The van der Waals surface area contributed by atoms with Crippen LogP contribution < -0.4 is 4.74 Å². The minimum absolute atomic E-state index is 0.0650. The van der Waals surface area contributed by atoms with Gasteiger partial charge in [0.25, 0.3) is 0 Å². The molecule has 2 heteroatoms. The predicted octanol–water partition coefficient (Wildman–Crippen LogP) is 5.14. The molecule has 0 radical (unpaired) electrons. The molecule has 2 nitrogen and oxygen atoms in total. The van der Waals surface area contributed by atoms with Crippen molar-refractivity contribution in [1.82, 2.24) is 4.98 Å². The van der Waals surface area contributed by atoms with Crippen LogP contribution in [0.25, 0.3) is 22.0 Å². The summed E-state index contributed by atoms with van der Waals surface area (Å²) < 4.78 is 5.55. The summed E-state index contributed by atoms with van der Waals surface area (Å²) in [6.45, 7) is 6.74. The van der Waals surface area contributed by atoms with Crippen LogP contribution in [-0.2, 0) is 5.41 Å². The lowest BCUT2D eigenvalue weighted by Gasteiger charge is -2.24. The Hall–Kier alpha value is -2.22. The first-order valence-electron chi connectivity index (χ1n) is 7.26. The quantitative estimate of drug-likeness (QED) is 0.690. The molecule has 0 fully saturated rings. The van der Waals surface area contributed by atoms with Crippen LogP contribution in [-0.4, -0.2) is 12.1 Å². The lowest BCUT2D eigenvalue weighted by molar-refractivity contribution is 0.416. The molecule has 3 aromatic rings.